The molecule has 1 spiro atoms. The Morgan fingerprint density at radius 1 is 0.232 bits per heavy atom. The van der Waals surface area contributed by atoms with Crippen LogP contribution >= 0.6 is 0 Å². The van der Waals surface area contributed by atoms with Crippen LogP contribution < -0.4 is 20.7 Å². The van der Waals surface area contributed by atoms with Crippen LogP contribution in [0.1, 0.15) is 0 Å². The number of benzene rings is 12. The van der Waals surface area contributed by atoms with Crippen LogP contribution in [0, 0.1) is 0 Å². The molecule has 380 valence electrons. The van der Waals surface area contributed by atoms with Crippen molar-refractivity contribution >= 4 is 94.2 Å². The fraction of sp³-hybridized carbons (Fsp3) is 0. The summed E-state index contributed by atoms with van der Waals surface area (Å²) in [6.07, 6.45) is 0. The van der Waals surface area contributed by atoms with Crippen molar-refractivity contribution in [1.82, 2.24) is 28.7 Å². The van der Waals surface area contributed by atoms with Crippen LogP contribution in [0.3, 0.4) is 0 Å². The molecule has 1 unspecified atom stereocenters. The van der Waals surface area contributed by atoms with Gasteiger partial charge >= 0.3 is 0 Å². The molecule has 0 bridgehead atoms. The maximum Gasteiger partial charge on any atom is 0.240 e. The van der Waals surface area contributed by atoms with Gasteiger partial charge < -0.3 is 4.57 Å². The molecule has 16 aromatic rings. The zero-order valence-electron chi connectivity index (χ0n) is 44.2. The van der Waals surface area contributed by atoms with Gasteiger partial charge in [-0.25, -0.2) is 0 Å². The molecule has 0 saturated heterocycles. The summed E-state index contributed by atoms with van der Waals surface area (Å²) in [6, 6.07) is 103. The summed E-state index contributed by atoms with van der Waals surface area (Å²) in [7, 11) is -3.27. The third-order valence-electron chi connectivity index (χ3n) is 17.8. The molecule has 6 heterocycles. The van der Waals surface area contributed by atoms with E-state index in [0.717, 1.165) is 60.4 Å². The van der Waals surface area contributed by atoms with Crippen LogP contribution in [0.5, 0.6) is 0 Å². The lowest BCUT2D eigenvalue weighted by molar-refractivity contribution is 0.893. The third-order valence-corrected chi connectivity index (χ3v) is 22.8. The van der Waals surface area contributed by atoms with Crippen molar-refractivity contribution in [2.75, 3.05) is 0 Å². The number of hydrogen-bond donors (Lipinski definition) is 0. The van der Waals surface area contributed by atoms with E-state index >= 15 is 0 Å². The molecule has 18 rings (SSSR count). The number of hydrogen-bond acceptors (Lipinski definition) is 3. The maximum absolute atomic E-state index is 5.56. The lowest BCUT2D eigenvalue weighted by Gasteiger charge is -2.37. The highest BCUT2D eigenvalue weighted by Crippen LogP contribution is 2.44. The SMILES string of the molecule is c1ccc2c(c1)-c1ccc(-c3nc(-n4c5ccccc5c5ccccc54)nc(-n4c5ccccc5c5ccccc54)n3)cc1-c1ccccc1[Si]21c2ccccc2-c2ccc(-n3c4ccccc4c4ccccc43)cc2-c2ccccc21. The lowest BCUT2D eigenvalue weighted by Crippen LogP contribution is -2.75. The molecular formula is C75H46N6Si. The van der Waals surface area contributed by atoms with E-state index in [1.54, 1.807) is 0 Å². The Kier molecular flexibility index (Phi) is 9.44. The Hall–Kier alpha value is -10.7. The molecule has 82 heavy (non-hydrogen) atoms. The van der Waals surface area contributed by atoms with Crippen molar-refractivity contribution in [2.45, 2.75) is 0 Å². The van der Waals surface area contributed by atoms with Crippen LogP contribution in [-0.2, 0) is 0 Å². The largest absolute Gasteiger partial charge is 0.309 e. The van der Waals surface area contributed by atoms with Crippen molar-refractivity contribution in [1.29, 1.82) is 0 Å². The van der Waals surface area contributed by atoms with Crippen molar-refractivity contribution in [3.63, 3.8) is 0 Å². The van der Waals surface area contributed by atoms with E-state index in [0.29, 0.717) is 17.7 Å². The van der Waals surface area contributed by atoms with Crippen molar-refractivity contribution in [3.8, 4) is 73.5 Å². The lowest BCUT2D eigenvalue weighted by atomic mass is 9.92. The van der Waals surface area contributed by atoms with Gasteiger partial charge in [0.1, 0.15) is 0 Å². The Balaban J connectivity index is 0.897. The van der Waals surface area contributed by atoms with Gasteiger partial charge in [-0.3, -0.25) is 9.13 Å². The number of rotatable bonds is 4. The fourth-order valence-corrected chi connectivity index (χ4v) is 20.1. The molecule has 0 amide bonds. The second kappa shape index (κ2) is 17.1. The van der Waals surface area contributed by atoms with Crippen LogP contribution in [0.25, 0.3) is 139 Å². The molecule has 0 N–H and O–H groups in total. The van der Waals surface area contributed by atoms with E-state index in [9.17, 15) is 0 Å². The average molecular weight is 1060 g/mol. The van der Waals surface area contributed by atoms with E-state index < -0.39 is 8.07 Å². The van der Waals surface area contributed by atoms with E-state index in [1.165, 1.54) is 81.5 Å². The highest BCUT2D eigenvalue weighted by atomic mass is 28.3. The first-order valence-corrected chi connectivity index (χ1v) is 30.1. The topological polar surface area (TPSA) is 53.5 Å². The summed E-state index contributed by atoms with van der Waals surface area (Å²) in [5.41, 5.74) is 18.4. The molecule has 6 nitrogen and oxygen atoms in total. The quantitative estimate of drug-likeness (QED) is 0.165. The zero-order chi connectivity index (χ0) is 53.6. The molecule has 0 radical (unpaired) electrons. The molecule has 2 aliphatic heterocycles. The van der Waals surface area contributed by atoms with Gasteiger partial charge in [-0.15, -0.1) is 0 Å². The molecule has 12 aromatic carbocycles. The van der Waals surface area contributed by atoms with Gasteiger partial charge in [-0.2, -0.15) is 15.0 Å². The monoisotopic (exact) mass is 1060 g/mol. The fourth-order valence-electron chi connectivity index (χ4n) is 14.5. The summed E-state index contributed by atoms with van der Waals surface area (Å²) in [4.78, 5) is 16.6. The third kappa shape index (κ3) is 6.14. The van der Waals surface area contributed by atoms with Gasteiger partial charge in [0.05, 0.1) is 33.1 Å². The second-order valence-electron chi connectivity index (χ2n) is 21.8. The predicted octanol–water partition coefficient (Wildman–Crippen LogP) is 15.5. The summed E-state index contributed by atoms with van der Waals surface area (Å²) in [6.45, 7) is 0. The molecule has 4 aromatic heterocycles. The van der Waals surface area contributed by atoms with E-state index in [2.05, 4.69) is 293 Å². The van der Waals surface area contributed by atoms with Gasteiger partial charge in [0.25, 0.3) is 0 Å². The van der Waals surface area contributed by atoms with Gasteiger partial charge in [0, 0.05) is 43.6 Å². The van der Waals surface area contributed by atoms with E-state index in [-0.39, 0.29) is 0 Å². The predicted molar refractivity (Wildman–Crippen MR) is 341 cm³/mol. The first-order chi connectivity index (χ1) is 40.7. The zero-order valence-corrected chi connectivity index (χ0v) is 45.2. The number of nitrogens with zero attached hydrogens (tertiary/aromatic N) is 6. The van der Waals surface area contributed by atoms with Crippen molar-refractivity contribution in [2.24, 2.45) is 0 Å². The highest BCUT2D eigenvalue weighted by molar-refractivity contribution is 7.22. The summed E-state index contributed by atoms with van der Waals surface area (Å²) in [5.74, 6) is 1.70. The highest BCUT2D eigenvalue weighted by Gasteiger charge is 2.50. The summed E-state index contributed by atoms with van der Waals surface area (Å²) in [5, 5.41) is 12.5. The second-order valence-corrected chi connectivity index (χ2v) is 25.4. The van der Waals surface area contributed by atoms with Crippen LogP contribution in [0.4, 0.5) is 0 Å². The number of para-hydroxylation sites is 6. The standard InChI is InChI=1S/C75H46N6Si/c1-11-31-63-51(21-1)52-22-2-12-32-64(52)79(63)48-42-44-50-58-28-8-18-38-70(58)82(72-40-20-10-30-60(72)62(50)46-48)69-37-17-7-27-57(69)49-43-41-47(45-61(49)59-29-9-19-39-71(59)82)73-76-74(80-65-33-13-3-23-53(65)54-24-4-14-34-66(54)80)78-75(77-73)81-67-35-15-5-25-55(67)56-26-6-16-36-68(56)81/h1-46H. The van der Waals surface area contributed by atoms with Crippen LogP contribution in [0.15, 0.2) is 279 Å². The van der Waals surface area contributed by atoms with Gasteiger partial charge in [0.15, 0.2) is 13.9 Å². The first kappa shape index (κ1) is 45.2. The number of aromatic nitrogens is 6. The summed E-state index contributed by atoms with van der Waals surface area (Å²) < 4.78 is 6.87. The van der Waals surface area contributed by atoms with E-state index in [4.69, 9.17) is 15.0 Å². The van der Waals surface area contributed by atoms with Gasteiger partial charge in [-0.05, 0) is 120 Å². The molecule has 0 aliphatic carbocycles. The summed E-state index contributed by atoms with van der Waals surface area (Å²) >= 11 is 0. The van der Waals surface area contributed by atoms with E-state index in [1.807, 2.05) is 0 Å². The van der Waals surface area contributed by atoms with Gasteiger partial charge in [-0.1, -0.05) is 224 Å². The maximum atomic E-state index is 5.56. The number of fused-ring (bicyclic) bond motifs is 23. The first-order valence-electron chi connectivity index (χ1n) is 28.1. The Labute approximate surface area is 472 Å². The smallest absolute Gasteiger partial charge is 0.240 e. The molecule has 1 atom stereocenters. The Morgan fingerprint density at radius 3 is 0.927 bits per heavy atom. The molecule has 0 fully saturated rings. The molecule has 7 heteroatoms. The molecular weight excluding hydrogens is 1010 g/mol. The average Bonchev–Trinajstić information content (AvgIpc) is 1.91. The molecule has 2 aliphatic rings. The minimum absolute atomic E-state index is 0.554. The van der Waals surface area contributed by atoms with Crippen LogP contribution in [-0.4, -0.2) is 36.7 Å². The normalized spacial score (nSPS) is 14.1. The minimum Gasteiger partial charge on any atom is -0.309 e. The van der Waals surface area contributed by atoms with Crippen molar-refractivity contribution < 1.29 is 0 Å². The molecule has 0 saturated carbocycles. The Morgan fingerprint density at radius 2 is 0.537 bits per heavy atom. The Bertz CT molecular complexity index is 5100. The van der Waals surface area contributed by atoms with Crippen LogP contribution in [0.2, 0.25) is 0 Å². The van der Waals surface area contributed by atoms with Crippen molar-refractivity contribution in [3.05, 3.63) is 279 Å². The minimum atomic E-state index is -3.27. The van der Waals surface area contributed by atoms with Gasteiger partial charge in [0.2, 0.25) is 11.9 Å².